The van der Waals surface area contributed by atoms with Gasteiger partial charge in [-0.3, -0.25) is 4.79 Å². The first-order valence-electron chi connectivity index (χ1n) is 6.65. The molecule has 104 valence electrons. The van der Waals surface area contributed by atoms with E-state index in [-0.39, 0.29) is 18.6 Å². The molecule has 1 aliphatic heterocycles. The highest BCUT2D eigenvalue weighted by molar-refractivity contribution is 5.95. The van der Waals surface area contributed by atoms with Crippen molar-refractivity contribution in [1.82, 2.24) is 5.32 Å². The molecule has 1 aromatic carbocycles. The Kier molecular flexibility index (Phi) is 4.76. The molecule has 1 heterocycles. The average molecular weight is 264 g/mol. The molecule has 1 aliphatic rings. The van der Waals surface area contributed by atoms with E-state index < -0.39 is 0 Å². The van der Waals surface area contributed by atoms with E-state index in [4.69, 9.17) is 4.74 Å². The van der Waals surface area contributed by atoms with Crippen molar-refractivity contribution >= 4 is 11.6 Å². The molecule has 0 saturated carbocycles. The summed E-state index contributed by atoms with van der Waals surface area (Å²) >= 11 is 0. The fourth-order valence-corrected chi connectivity index (χ4v) is 2.21. The molecule has 5 heteroatoms. The van der Waals surface area contributed by atoms with Crippen LogP contribution in [0, 0.1) is 0 Å². The standard InChI is InChI=1S/C14H20N2O3/c1-2-19-13-6-5-11(8-10(13)9-17)16-14(18)12-4-3-7-15-12/h5-6,8,12,15,17H,2-4,7,9H2,1H3,(H,16,18). The van der Waals surface area contributed by atoms with Crippen molar-refractivity contribution in [2.75, 3.05) is 18.5 Å². The third-order valence-corrected chi connectivity index (χ3v) is 3.18. The van der Waals surface area contributed by atoms with E-state index >= 15 is 0 Å². The first-order chi connectivity index (χ1) is 9.24. The minimum Gasteiger partial charge on any atom is -0.494 e. The van der Waals surface area contributed by atoms with Crippen LogP contribution in [0.15, 0.2) is 18.2 Å². The van der Waals surface area contributed by atoms with Gasteiger partial charge in [-0.05, 0) is 44.5 Å². The van der Waals surface area contributed by atoms with Gasteiger partial charge in [-0.25, -0.2) is 0 Å². The van der Waals surface area contributed by atoms with Gasteiger partial charge >= 0.3 is 0 Å². The Morgan fingerprint density at radius 3 is 3.05 bits per heavy atom. The largest absolute Gasteiger partial charge is 0.494 e. The number of carbonyl (C=O) groups is 1. The van der Waals surface area contributed by atoms with Crippen LogP contribution in [0.25, 0.3) is 0 Å². The van der Waals surface area contributed by atoms with Gasteiger partial charge in [0.25, 0.3) is 0 Å². The van der Waals surface area contributed by atoms with Crippen LogP contribution >= 0.6 is 0 Å². The Morgan fingerprint density at radius 1 is 1.58 bits per heavy atom. The average Bonchev–Trinajstić information content (AvgIpc) is 2.94. The summed E-state index contributed by atoms with van der Waals surface area (Å²) in [5.41, 5.74) is 1.37. The summed E-state index contributed by atoms with van der Waals surface area (Å²) in [4.78, 5) is 12.0. The molecule has 0 radical (unpaired) electrons. The molecular formula is C14H20N2O3. The molecule has 2 rings (SSSR count). The minimum absolute atomic E-state index is 0.0226. The van der Waals surface area contributed by atoms with Gasteiger partial charge < -0.3 is 20.5 Å². The van der Waals surface area contributed by atoms with Gasteiger partial charge in [0.15, 0.2) is 0 Å². The number of hydrogen-bond acceptors (Lipinski definition) is 4. The van der Waals surface area contributed by atoms with Crippen LogP contribution in [0.4, 0.5) is 5.69 Å². The van der Waals surface area contributed by atoms with Gasteiger partial charge in [-0.15, -0.1) is 0 Å². The lowest BCUT2D eigenvalue weighted by Gasteiger charge is -2.13. The maximum atomic E-state index is 12.0. The summed E-state index contributed by atoms with van der Waals surface area (Å²) in [5.74, 6) is 0.632. The van der Waals surface area contributed by atoms with E-state index in [1.807, 2.05) is 6.92 Å². The van der Waals surface area contributed by atoms with Crippen molar-refractivity contribution in [3.8, 4) is 5.75 Å². The van der Waals surface area contributed by atoms with Gasteiger partial charge in [-0.2, -0.15) is 0 Å². The van der Waals surface area contributed by atoms with Gasteiger partial charge in [0.2, 0.25) is 5.91 Å². The molecular weight excluding hydrogens is 244 g/mol. The Bertz CT molecular complexity index is 442. The number of benzene rings is 1. The van der Waals surface area contributed by atoms with E-state index in [1.165, 1.54) is 0 Å². The van der Waals surface area contributed by atoms with Crippen LogP contribution in [0.2, 0.25) is 0 Å². The van der Waals surface area contributed by atoms with Gasteiger partial charge in [-0.1, -0.05) is 0 Å². The molecule has 0 aromatic heterocycles. The summed E-state index contributed by atoms with van der Waals surface area (Å²) in [7, 11) is 0. The molecule has 1 saturated heterocycles. The summed E-state index contributed by atoms with van der Waals surface area (Å²) in [6.45, 7) is 3.22. The van der Waals surface area contributed by atoms with Crippen molar-refractivity contribution in [2.24, 2.45) is 0 Å². The molecule has 5 nitrogen and oxygen atoms in total. The molecule has 19 heavy (non-hydrogen) atoms. The number of nitrogens with one attached hydrogen (secondary N) is 2. The van der Waals surface area contributed by atoms with Crippen molar-refractivity contribution in [3.63, 3.8) is 0 Å². The summed E-state index contributed by atoms with van der Waals surface area (Å²) in [6.07, 6.45) is 1.90. The van der Waals surface area contributed by atoms with Crippen LogP contribution in [-0.4, -0.2) is 30.2 Å². The summed E-state index contributed by atoms with van der Waals surface area (Å²) < 4.78 is 5.40. The SMILES string of the molecule is CCOc1ccc(NC(=O)C2CCCN2)cc1CO. The van der Waals surface area contributed by atoms with E-state index in [1.54, 1.807) is 18.2 Å². The number of aliphatic hydroxyl groups excluding tert-OH is 1. The Hall–Kier alpha value is -1.59. The summed E-state index contributed by atoms with van der Waals surface area (Å²) in [6, 6.07) is 5.20. The molecule has 1 aromatic rings. The number of hydrogen-bond donors (Lipinski definition) is 3. The minimum atomic E-state index is -0.110. The predicted octanol–water partition coefficient (Wildman–Crippen LogP) is 1.27. The molecule has 3 N–H and O–H groups in total. The van der Waals surface area contributed by atoms with E-state index in [0.29, 0.717) is 23.6 Å². The third-order valence-electron chi connectivity index (χ3n) is 3.18. The lowest BCUT2D eigenvalue weighted by Crippen LogP contribution is -2.35. The van der Waals surface area contributed by atoms with Crippen LogP contribution in [0.1, 0.15) is 25.3 Å². The highest BCUT2D eigenvalue weighted by atomic mass is 16.5. The summed E-state index contributed by atoms with van der Waals surface area (Å²) in [5, 5.41) is 15.3. The zero-order valence-electron chi connectivity index (χ0n) is 11.1. The molecule has 1 fully saturated rings. The Balaban J connectivity index is 2.05. The maximum absolute atomic E-state index is 12.0. The second-order valence-electron chi connectivity index (χ2n) is 4.55. The topological polar surface area (TPSA) is 70.6 Å². The first kappa shape index (κ1) is 13.8. The zero-order chi connectivity index (χ0) is 13.7. The van der Waals surface area contributed by atoms with Crippen molar-refractivity contribution in [2.45, 2.75) is 32.4 Å². The van der Waals surface area contributed by atoms with E-state index in [9.17, 15) is 9.90 Å². The second-order valence-corrected chi connectivity index (χ2v) is 4.55. The molecule has 0 aliphatic carbocycles. The third kappa shape index (κ3) is 3.45. The number of aliphatic hydroxyl groups is 1. The Labute approximate surface area is 113 Å². The fourth-order valence-electron chi connectivity index (χ4n) is 2.21. The van der Waals surface area contributed by atoms with Gasteiger partial charge in [0.1, 0.15) is 5.75 Å². The quantitative estimate of drug-likeness (QED) is 0.749. The molecule has 1 atom stereocenters. The van der Waals surface area contributed by atoms with Crippen molar-refractivity contribution in [1.29, 1.82) is 0 Å². The van der Waals surface area contributed by atoms with E-state index in [0.717, 1.165) is 19.4 Å². The van der Waals surface area contributed by atoms with Crippen molar-refractivity contribution < 1.29 is 14.6 Å². The highest BCUT2D eigenvalue weighted by Gasteiger charge is 2.22. The highest BCUT2D eigenvalue weighted by Crippen LogP contribution is 2.23. The lowest BCUT2D eigenvalue weighted by molar-refractivity contribution is -0.117. The van der Waals surface area contributed by atoms with Crippen LogP contribution in [0.3, 0.4) is 0 Å². The zero-order valence-corrected chi connectivity index (χ0v) is 11.1. The number of carbonyl (C=O) groups excluding carboxylic acids is 1. The number of ether oxygens (including phenoxy) is 1. The first-order valence-corrected chi connectivity index (χ1v) is 6.65. The van der Waals surface area contributed by atoms with Gasteiger partial charge in [0.05, 0.1) is 19.3 Å². The predicted molar refractivity (Wildman–Crippen MR) is 73.2 cm³/mol. The van der Waals surface area contributed by atoms with Crippen molar-refractivity contribution in [3.05, 3.63) is 23.8 Å². The second kappa shape index (κ2) is 6.54. The normalized spacial score (nSPS) is 18.3. The number of rotatable bonds is 5. The molecule has 1 unspecified atom stereocenters. The molecule has 0 bridgehead atoms. The fraction of sp³-hybridized carbons (Fsp3) is 0.500. The smallest absolute Gasteiger partial charge is 0.241 e. The maximum Gasteiger partial charge on any atom is 0.241 e. The van der Waals surface area contributed by atoms with Gasteiger partial charge in [0, 0.05) is 11.3 Å². The molecule has 1 amide bonds. The Morgan fingerprint density at radius 2 is 2.42 bits per heavy atom. The lowest BCUT2D eigenvalue weighted by atomic mass is 10.1. The number of amides is 1. The van der Waals surface area contributed by atoms with E-state index in [2.05, 4.69) is 10.6 Å². The monoisotopic (exact) mass is 264 g/mol. The molecule has 0 spiro atoms. The number of anilines is 1. The van der Waals surface area contributed by atoms with Crippen LogP contribution in [-0.2, 0) is 11.4 Å². The van der Waals surface area contributed by atoms with Crippen LogP contribution in [0.5, 0.6) is 5.75 Å². The van der Waals surface area contributed by atoms with Crippen LogP contribution < -0.4 is 15.4 Å².